The summed E-state index contributed by atoms with van der Waals surface area (Å²) in [4.78, 5) is 0. The minimum Gasteiger partial charge on any atom is -0.384 e. The molecule has 2 heteroatoms. The summed E-state index contributed by atoms with van der Waals surface area (Å²) in [5.74, 6) is 0.692. The molecule has 0 bridgehead atoms. The average Bonchev–Trinajstić information content (AvgIpc) is 2.39. The normalized spacial score (nSPS) is 27.8. The molecule has 0 amide bonds. The van der Waals surface area contributed by atoms with Crippen molar-refractivity contribution in [2.45, 2.75) is 51.7 Å². The molecular formula is C16H25NO. The predicted octanol–water partition coefficient (Wildman–Crippen LogP) is 2.84. The van der Waals surface area contributed by atoms with Gasteiger partial charge in [-0.05, 0) is 49.8 Å². The summed E-state index contributed by atoms with van der Waals surface area (Å²) in [6, 6.07) is 8.54. The van der Waals surface area contributed by atoms with Crippen LogP contribution in [0.5, 0.6) is 0 Å². The van der Waals surface area contributed by atoms with E-state index in [0.717, 1.165) is 24.9 Å². The van der Waals surface area contributed by atoms with Gasteiger partial charge in [-0.3, -0.25) is 0 Å². The molecule has 0 aliphatic carbocycles. The minimum absolute atomic E-state index is 0.161. The fraction of sp³-hybridized carbons (Fsp3) is 0.625. The summed E-state index contributed by atoms with van der Waals surface area (Å²) < 4.78 is 0. The molecule has 0 aromatic heterocycles. The number of piperidine rings is 1. The second kappa shape index (κ2) is 5.41. The van der Waals surface area contributed by atoms with Crippen molar-refractivity contribution in [2.75, 3.05) is 6.54 Å². The lowest BCUT2D eigenvalue weighted by Crippen LogP contribution is -2.50. The van der Waals surface area contributed by atoms with Crippen LogP contribution in [-0.2, 0) is 12.0 Å². The molecule has 100 valence electrons. The second-order valence-electron chi connectivity index (χ2n) is 5.83. The molecule has 18 heavy (non-hydrogen) atoms. The second-order valence-corrected chi connectivity index (χ2v) is 5.83. The molecule has 0 radical (unpaired) electrons. The van der Waals surface area contributed by atoms with Crippen LogP contribution in [0.15, 0.2) is 24.3 Å². The first-order valence-corrected chi connectivity index (χ1v) is 7.09. The quantitative estimate of drug-likeness (QED) is 0.861. The third-order valence-electron chi connectivity index (χ3n) is 4.29. The SMILES string of the molecule is CCc1ccc(C(C)(O)C2CC(C)CCN2)cc1. The van der Waals surface area contributed by atoms with Gasteiger partial charge in [0.05, 0.1) is 0 Å². The van der Waals surface area contributed by atoms with Gasteiger partial charge in [0.2, 0.25) is 0 Å². The molecule has 1 aromatic carbocycles. The van der Waals surface area contributed by atoms with Gasteiger partial charge >= 0.3 is 0 Å². The van der Waals surface area contributed by atoms with E-state index in [2.05, 4.69) is 43.4 Å². The molecule has 3 atom stereocenters. The number of hydrogen-bond donors (Lipinski definition) is 2. The van der Waals surface area contributed by atoms with Crippen LogP contribution >= 0.6 is 0 Å². The Kier molecular flexibility index (Phi) is 4.08. The zero-order valence-corrected chi connectivity index (χ0v) is 11.7. The summed E-state index contributed by atoms with van der Waals surface area (Å²) in [6.45, 7) is 7.36. The Morgan fingerprint density at radius 3 is 2.56 bits per heavy atom. The molecular weight excluding hydrogens is 222 g/mol. The molecule has 0 spiro atoms. The van der Waals surface area contributed by atoms with Crippen LogP contribution in [-0.4, -0.2) is 17.7 Å². The number of benzene rings is 1. The van der Waals surface area contributed by atoms with Gasteiger partial charge in [0.15, 0.2) is 0 Å². The van der Waals surface area contributed by atoms with E-state index in [1.165, 1.54) is 12.0 Å². The van der Waals surface area contributed by atoms with Crippen molar-refractivity contribution in [1.29, 1.82) is 0 Å². The van der Waals surface area contributed by atoms with Gasteiger partial charge in [-0.15, -0.1) is 0 Å². The molecule has 1 heterocycles. The van der Waals surface area contributed by atoms with Gasteiger partial charge in [0.25, 0.3) is 0 Å². The van der Waals surface area contributed by atoms with E-state index < -0.39 is 5.60 Å². The number of aliphatic hydroxyl groups is 1. The molecule has 1 aliphatic rings. The van der Waals surface area contributed by atoms with E-state index in [1.54, 1.807) is 0 Å². The highest BCUT2D eigenvalue weighted by atomic mass is 16.3. The van der Waals surface area contributed by atoms with E-state index in [0.29, 0.717) is 5.92 Å². The third kappa shape index (κ3) is 2.76. The van der Waals surface area contributed by atoms with E-state index in [4.69, 9.17) is 0 Å². The van der Waals surface area contributed by atoms with Gasteiger partial charge in [-0.2, -0.15) is 0 Å². The largest absolute Gasteiger partial charge is 0.384 e. The van der Waals surface area contributed by atoms with Crippen molar-refractivity contribution in [1.82, 2.24) is 5.32 Å². The van der Waals surface area contributed by atoms with Crippen LogP contribution in [0, 0.1) is 5.92 Å². The van der Waals surface area contributed by atoms with Crippen LogP contribution in [0.1, 0.15) is 44.7 Å². The Balaban J connectivity index is 2.17. The highest BCUT2D eigenvalue weighted by Gasteiger charge is 2.35. The fourth-order valence-corrected chi connectivity index (χ4v) is 2.81. The molecule has 2 nitrogen and oxygen atoms in total. The molecule has 1 aliphatic heterocycles. The number of rotatable bonds is 3. The van der Waals surface area contributed by atoms with Crippen molar-refractivity contribution in [3.05, 3.63) is 35.4 Å². The first kappa shape index (κ1) is 13.6. The third-order valence-corrected chi connectivity index (χ3v) is 4.29. The van der Waals surface area contributed by atoms with E-state index in [9.17, 15) is 5.11 Å². The summed E-state index contributed by atoms with van der Waals surface area (Å²) in [7, 11) is 0. The Bertz CT molecular complexity index is 383. The van der Waals surface area contributed by atoms with Gasteiger partial charge < -0.3 is 10.4 Å². The van der Waals surface area contributed by atoms with Gasteiger partial charge in [0, 0.05) is 6.04 Å². The lowest BCUT2D eigenvalue weighted by molar-refractivity contribution is -0.00141. The molecule has 2 rings (SSSR count). The maximum Gasteiger partial charge on any atom is 0.102 e. The van der Waals surface area contributed by atoms with Crippen molar-refractivity contribution in [2.24, 2.45) is 5.92 Å². The topological polar surface area (TPSA) is 32.3 Å². The van der Waals surface area contributed by atoms with Gasteiger partial charge in [-0.1, -0.05) is 38.1 Å². The van der Waals surface area contributed by atoms with E-state index >= 15 is 0 Å². The maximum absolute atomic E-state index is 10.8. The van der Waals surface area contributed by atoms with Crippen LogP contribution in [0.2, 0.25) is 0 Å². The molecule has 0 saturated carbocycles. The van der Waals surface area contributed by atoms with Crippen molar-refractivity contribution in [3.8, 4) is 0 Å². The predicted molar refractivity (Wildman–Crippen MR) is 75.6 cm³/mol. The standard InChI is InChI=1S/C16H25NO/c1-4-13-5-7-14(8-6-13)16(3,18)15-11-12(2)9-10-17-15/h5-8,12,15,17-18H,4,9-11H2,1-3H3. The van der Waals surface area contributed by atoms with Crippen LogP contribution in [0.25, 0.3) is 0 Å². The zero-order valence-electron chi connectivity index (χ0n) is 11.7. The summed E-state index contributed by atoms with van der Waals surface area (Å²) >= 11 is 0. The van der Waals surface area contributed by atoms with Crippen molar-refractivity contribution >= 4 is 0 Å². The summed E-state index contributed by atoms with van der Waals surface area (Å²) in [5.41, 5.74) is 1.56. The highest BCUT2D eigenvalue weighted by Crippen LogP contribution is 2.31. The Hall–Kier alpha value is -0.860. The number of aryl methyl sites for hydroxylation is 1. The molecule has 1 fully saturated rings. The first-order valence-electron chi connectivity index (χ1n) is 7.09. The van der Waals surface area contributed by atoms with Crippen LogP contribution in [0.3, 0.4) is 0 Å². The summed E-state index contributed by atoms with van der Waals surface area (Å²) in [5, 5.41) is 14.3. The van der Waals surface area contributed by atoms with Crippen molar-refractivity contribution in [3.63, 3.8) is 0 Å². The Labute approximate surface area is 110 Å². The number of nitrogens with one attached hydrogen (secondary N) is 1. The minimum atomic E-state index is -0.777. The highest BCUT2D eigenvalue weighted by molar-refractivity contribution is 5.28. The van der Waals surface area contributed by atoms with Crippen LogP contribution < -0.4 is 5.32 Å². The van der Waals surface area contributed by atoms with E-state index in [1.807, 2.05) is 6.92 Å². The fourth-order valence-electron chi connectivity index (χ4n) is 2.81. The maximum atomic E-state index is 10.8. The molecule has 1 aromatic rings. The average molecular weight is 247 g/mol. The molecule has 3 unspecified atom stereocenters. The lowest BCUT2D eigenvalue weighted by Gasteiger charge is -2.39. The molecule has 1 saturated heterocycles. The monoisotopic (exact) mass is 247 g/mol. The smallest absolute Gasteiger partial charge is 0.102 e. The Morgan fingerprint density at radius 2 is 2.00 bits per heavy atom. The number of hydrogen-bond acceptors (Lipinski definition) is 2. The van der Waals surface area contributed by atoms with Crippen LogP contribution in [0.4, 0.5) is 0 Å². The van der Waals surface area contributed by atoms with E-state index in [-0.39, 0.29) is 6.04 Å². The Morgan fingerprint density at radius 1 is 1.33 bits per heavy atom. The zero-order chi connectivity index (χ0) is 13.2. The van der Waals surface area contributed by atoms with Gasteiger partial charge in [-0.25, -0.2) is 0 Å². The lowest BCUT2D eigenvalue weighted by atomic mass is 9.80. The first-order chi connectivity index (χ1) is 8.54. The molecule has 2 N–H and O–H groups in total. The van der Waals surface area contributed by atoms with Crippen molar-refractivity contribution < 1.29 is 5.11 Å². The summed E-state index contributed by atoms with van der Waals surface area (Å²) in [6.07, 6.45) is 3.30. The van der Waals surface area contributed by atoms with Gasteiger partial charge in [0.1, 0.15) is 5.60 Å².